The van der Waals surface area contributed by atoms with Crippen molar-refractivity contribution >= 4 is 34.1 Å². The van der Waals surface area contributed by atoms with Gasteiger partial charge in [-0.15, -0.1) is 0 Å². The molecule has 0 spiro atoms. The topological polar surface area (TPSA) is 53.9 Å². The van der Waals surface area contributed by atoms with Crippen molar-refractivity contribution in [2.75, 3.05) is 23.3 Å². The summed E-state index contributed by atoms with van der Waals surface area (Å²) in [6.45, 7) is 3.59. The first-order valence-corrected chi connectivity index (χ1v) is 4.34. The van der Waals surface area contributed by atoms with E-state index in [4.69, 9.17) is 0 Å². The predicted octanol–water partition coefficient (Wildman–Crippen LogP) is 1.30. The molecule has 0 radical (unpaired) electrons. The summed E-state index contributed by atoms with van der Waals surface area (Å²) in [5.41, 5.74) is 0. The van der Waals surface area contributed by atoms with E-state index < -0.39 is 0 Å². The molecule has 0 saturated heterocycles. The monoisotopic (exact) mass is 243 g/mol. The van der Waals surface area contributed by atoms with Crippen LogP contribution in [-0.2, 0) is 0 Å². The fourth-order valence-corrected chi connectivity index (χ4v) is 0.880. The van der Waals surface area contributed by atoms with Crippen molar-refractivity contribution < 1.29 is 0 Å². The quantitative estimate of drug-likeness (QED) is 0.812. The lowest BCUT2D eigenvalue weighted by Gasteiger charge is -2.08. The fourth-order valence-electron chi connectivity index (χ4n) is 0.722. The summed E-state index contributed by atoms with van der Waals surface area (Å²) in [4.78, 5) is 12.2. The summed E-state index contributed by atoms with van der Waals surface area (Å²) in [5, 5.41) is 2.84. The minimum Gasteiger partial charge on any atom is -0.357 e. The van der Waals surface area contributed by atoms with Crippen molar-refractivity contribution in [2.24, 2.45) is 0 Å². The second-order valence-corrected chi connectivity index (χ2v) is 3.31. The zero-order valence-electron chi connectivity index (χ0n) is 7.45. The highest BCUT2D eigenvalue weighted by Gasteiger charge is 2.05. The van der Waals surface area contributed by atoms with Crippen molar-refractivity contribution in [3.8, 4) is 0 Å². The van der Waals surface area contributed by atoms with Crippen LogP contribution < -0.4 is 9.24 Å². The number of hydrogen-bond donors (Lipinski definition) is 1. The number of nitrogens with zero attached hydrogens (tertiary/aromatic N) is 4. The molecule has 0 aliphatic rings. The molecule has 0 atom stereocenters. The molecule has 6 heteroatoms. The molecule has 70 valence electrons. The van der Waals surface area contributed by atoms with E-state index in [1.165, 1.54) is 0 Å². The Bertz CT molecular complexity index is 312. The number of halogens is 1. The maximum absolute atomic E-state index is 4.10. The van der Waals surface area contributed by atoms with E-state index in [0.717, 1.165) is 0 Å². The van der Waals surface area contributed by atoms with Crippen molar-refractivity contribution in [1.29, 1.82) is 0 Å². The molecule has 0 bridgehead atoms. The maximum atomic E-state index is 4.10. The molecule has 0 aliphatic carbocycles. The second-order valence-electron chi connectivity index (χ2n) is 2.25. The van der Waals surface area contributed by atoms with Crippen molar-refractivity contribution in [1.82, 2.24) is 15.0 Å². The van der Waals surface area contributed by atoms with Crippen LogP contribution in [0.2, 0.25) is 0 Å². The Balaban J connectivity index is 3.14. The average Bonchev–Trinajstić information content (AvgIpc) is 2.16. The molecule has 0 aromatic carbocycles. The number of nitrogens with one attached hydrogen (secondary N) is 1. The molecule has 0 saturated carbocycles. The smallest absolute Gasteiger partial charge is 0.240 e. The van der Waals surface area contributed by atoms with Gasteiger partial charge in [0.05, 0.1) is 16.1 Å². The van der Waals surface area contributed by atoms with E-state index in [1.807, 2.05) is 0 Å². The third kappa shape index (κ3) is 2.38. The van der Waals surface area contributed by atoms with Gasteiger partial charge in [-0.25, -0.2) is 0 Å². The van der Waals surface area contributed by atoms with Crippen LogP contribution >= 0.6 is 16.1 Å². The third-order valence-corrected chi connectivity index (χ3v) is 1.64. The van der Waals surface area contributed by atoms with Crippen LogP contribution in [-0.4, -0.2) is 29.0 Å². The van der Waals surface area contributed by atoms with Gasteiger partial charge in [-0.05, 0) is 6.08 Å². The molecule has 13 heavy (non-hydrogen) atoms. The van der Waals surface area contributed by atoms with Crippen LogP contribution in [0.15, 0.2) is 6.58 Å². The maximum Gasteiger partial charge on any atom is 0.240 e. The second kappa shape index (κ2) is 4.18. The first-order valence-electron chi connectivity index (χ1n) is 3.63. The Morgan fingerprint density at radius 3 is 2.62 bits per heavy atom. The molecular weight excluding hydrogens is 234 g/mol. The number of aromatic nitrogens is 3. The standard InChI is InChI=1S/C7H10BrN5/c1-4-5-10-6(9-2)12-7(11-5)13(3)8/h4H,1H2,2-3H3,(H,9,10,11,12). The number of rotatable bonds is 3. The molecule has 0 unspecified atom stereocenters. The molecular formula is C7H10BrN5. The van der Waals surface area contributed by atoms with Crippen LogP contribution in [0.3, 0.4) is 0 Å². The molecule has 0 amide bonds. The molecule has 1 N–H and O–H groups in total. The van der Waals surface area contributed by atoms with Crippen LogP contribution in [0.25, 0.3) is 6.08 Å². The SMILES string of the molecule is C=Cc1nc(NC)nc(N(C)Br)n1. The Kier molecular flexibility index (Phi) is 3.18. The summed E-state index contributed by atoms with van der Waals surface area (Å²) < 4.78 is 1.63. The van der Waals surface area contributed by atoms with Gasteiger partial charge in [-0.1, -0.05) is 6.58 Å². The van der Waals surface area contributed by atoms with Crippen molar-refractivity contribution in [2.45, 2.75) is 0 Å². The van der Waals surface area contributed by atoms with Gasteiger partial charge in [0.2, 0.25) is 11.9 Å². The minimum atomic E-state index is 0.520. The summed E-state index contributed by atoms with van der Waals surface area (Å²) in [5.74, 6) is 1.60. The Morgan fingerprint density at radius 1 is 1.46 bits per heavy atom. The Morgan fingerprint density at radius 2 is 2.15 bits per heavy atom. The number of anilines is 2. The zero-order chi connectivity index (χ0) is 9.84. The molecule has 0 fully saturated rings. The molecule has 1 rings (SSSR count). The predicted molar refractivity (Wildman–Crippen MR) is 56.8 cm³/mol. The van der Waals surface area contributed by atoms with Gasteiger partial charge >= 0.3 is 0 Å². The van der Waals surface area contributed by atoms with Crippen molar-refractivity contribution in [3.05, 3.63) is 12.4 Å². The molecule has 1 aromatic rings. The lowest BCUT2D eigenvalue weighted by Crippen LogP contribution is -2.09. The third-order valence-electron chi connectivity index (χ3n) is 1.32. The molecule has 1 heterocycles. The Hall–Kier alpha value is -1.17. The number of hydrogen-bond acceptors (Lipinski definition) is 5. The van der Waals surface area contributed by atoms with E-state index in [9.17, 15) is 0 Å². The van der Waals surface area contributed by atoms with E-state index in [-0.39, 0.29) is 0 Å². The summed E-state index contributed by atoms with van der Waals surface area (Å²) >= 11 is 3.23. The van der Waals surface area contributed by atoms with Gasteiger partial charge in [0.25, 0.3) is 0 Å². The van der Waals surface area contributed by atoms with Gasteiger partial charge in [0.15, 0.2) is 5.82 Å². The molecule has 5 nitrogen and oxygen atoms in total. The van der Waals surface area contributed by atoms with Crippen LogP contribution in [0.5, 0.6) is 0 Å². The summed E-state index contributed by atoms with van der Waals surface area (Å²) in [6, 6.07) is 0. The highest BCUT2D eigenvalue weighted by atomic mass is 79.9. The first-order chi connectivity index (χ1) is 6.17. The van der Waals surface area contributed by atoms with Gasteiger partial charge in [-0.3, -0.25) is 3.93 Å². The van der Waals surface area contributed by atoms with Gasteiger partial charge in [-0.2, -0.15) is 15.0 Å². The van der Waals surface area contributed by atoms with E-state index in [0.29, 0.717) is 17.7 Å². The molecule has 0 aliphatic heterocycles. The zero-order valence-corrected chi connectivity index (χ0v) is 9.04. The van der Waals surface area contributed by atoms with Gasteiger partial charge in [0, 0.05) is 14.1 Å². The van der Waals surface area contributed by atoms with E-state index in [2.05, 4.69) is 43.0 Å². The van der Waals surface area contributed by atoms with E-state index in [1.54, 1.807) is 24.1 Å². The summed E-state index contributed by atoms with van der Waals surface area (Å²) in [7, 11) is 3.54. The normalized spacial score (nSPS) is 9.46. The largest absolute Gasteiger partial charge is 0.357 e. The lowest BCUT2D eigenvalue weighted by atomic mass is 10.6. The van der Waals surface area contributed by atoms with Gasteiger partial charge in [0.1, 0.15) is 0 Å². The molecule has 1 aromatic heterocycles. The highest BCUT2D eigenvalue weighted by Crippen LogP contribution is 2.11. The first kappa shape index (κ1) is 9.91. The van der Waals surface area contributed by atoms with Gasteiger partial charge < -0.3 is 5.32 Å². The highest BCUT2D eigenvalue weighted by molar-refractivity contribution is 9.10. The lowest BCUT2D eigenvalue weighted by molar-refractivity contribution is 1.01. The van der Waals surface area contributed by atoms with Crippen LogP contribution in [0, 0.1) is 0 Å². The van der Waals surface area contributed by atoms with Crippen molar-refractivity contribution in [3.63, 3.8) is 0 Å². The van der Waals surface area contributed by atoms with Crippen LogP contribution in [0.4, 0.5) is 11.9 Å². The summed E-state index contributed by atoms with van der Waals surface area (Å²) in [6.07, 6.45) is 1.57. The van der Waals surface area contributed by atoms with E-state index >= 15 is 0 Å². The van der Waals surface area contributed by atoms with Crippen LogP contribution in [0.1, 0.15) is 5.82 Å². The fraction of sp³-hybridized carbons (Fsp3) is 0.286. The average molecular weight is 244 g/mol. The Labute approximate surface area is 85.2 Å². The minimum absolute atomic E-state index is 0.520.